The number of hydrogen-bond acceptors (Lipinski definition) is 4. The van der Waals surface area contributed by atoms with Crippen molar-refractivity contribution in [1.29, 1.82) is 0 Å². The first kappa shape index (κ1) is 11.9. The number of carbonyl (C=O) groups excluding carboxylic acids is 1. The third-order valence-electron chi connectivity index (χ3n) is 2.88. The second kappa shape index (κ2) is 4.85. The third-order valence-corrected chi connectivity index (χ3v) is 3.56. The zero-order valence-electron chi connectivity index (χ0n) is 10.3. The molecule has 0 spiro atoms. The number of ether oxygens (including phenoxy) is 1. The van der Waals surface area contributed by atoms with Crippen LogP contribution in [-0.4, -0.2) is 17.5 Å². The van der Waals surface area contributed by atoms with Crippen LogP contribution in [0, 0.1) is 0 Å². The summed E-state index contributed by atoms with van der Waals surface area (Å²) in [5.41, 5.74) is 3.43. The van der Waals surface area contributed by atoms with Gasteiger partial charge in [0, 0.05) is 17.3 Å². The molecule has 0 bridgehead atoms. The van der Waals surface area contributed by atoms with Gasteiger partial charge in [-0.2, -0.15) is 11.3 Å². The maximum atomic E-state index is 11.8. The smallest absolute Gasteiger partial charge is 0.260 e. The molecule has 0 radical (unpaired) electrons. The van der Waals surface area contributed by atoms with E-state index in [1.54, 1.807) is 17.5 Å². The van der Waals surface area contributed by atoms with E-state index in [9.17, 15) is 4.79 Å². The highest BCUT2D eigenvalue weighted by Gasteiger charge is 2.26. The summed E-state index contributed by atoms with van der Waals surface area (Å²) in [5, 5.41) is 6.81. The highest BCUT2D eigenvalue weighted by atomic mass is 32.1. The van der Waals surface area contributed by atoms with Crippen LogP contribution in [0.15, 0.2) is 35.4 Å². The van der Waals surface area contributed by atoms with Gasteiger partial charge in [-0.15, -0.1) is 0 Å². The number of nitrogens with zero attached hydrogens (tertiary/aromatic N) is 1. The Hall–Kier alpha value is -2.14. The lowest BCUT2D eigenvalue weighted by Gasteiger charge is -2.02. The Balaban J connectivity index is 2.05. The fraction of sp³-hybridized carbons (Fsp3) is 0.143. The lowest BCUT2D eigenvalue weighted by atomic mass is 10.1. The largest absolute Gasteiger partial charge is 0.501 e. The second-order valence-corrected chi connectivity index (χ2v) is 4.85. The van der Waals surface area contributed by atoms with E-state index in [-0.39, 0.29) is 5.91 Å². The molecule has 3 rings (SSSR count). The summed E-state index contributed by atoms with van der Waals surface area (Å²) in [5.74, 6) is 0.424. The Morgan fingerprint density at radius 1 is 1.47 bits per heavy atom. The molecule has 0 aromatic carbocycles. The molecule has 5 heteroatoms. The Labute approximate surface area is 114 Å². The zero-order chi connectivity index (χ0) is 13.2. The molecule has 2 aromatic rings. The maximum Gasteiger partial charge on any atom is 0.260 e. The summed E-state index contributed by atoms with van der Waals surface area (Å²) in [7, 11) is 0. The normalized spacial score (nSPS) is 15.4. The molecule has 1 aliphatic rings. The summed E-state index contributed by atoms with van der Waals surface area (Å²) in [6, 6.07) is 4.00. The molecular formula is C14H12N2O2S. The van der Waals surface area contributed by atoms with Crippen molar-refractivity contribution >= 4 is 28.6 Å². The standard InChI is InChI=1S/C14H12N2O2S/c1-2-18-7-12-11-5-10(9-3-4-19-8-9)6-15-13(11)16-14(12)17/h3-8H,2H2,1H3,(H,15,16,17)/b12-7-. The molecule has 2 aromatic heterocycles. The van der Waals surface area contributed by atoms with E-state index in [4.69, 9.17) is 4.74 Å². The molecule has 0 unspecified atom stereocenters. The minimum Gasteiger partial charge on any atom is -0.501 e. The van der Waals surface area contributed by atoms with Gasteiger partial charge in [-0.25, -0.2) is 4.98 Å². The van der Waals surface area contributed by atoms with E-state index in [2.05, 4.69) is 15.7 Å². The van der Waals surface area contributed by atoms with Crippen molar-refractivity contribution in [3.05, 3.63) is 40.9 Å². The van der Waals surface area contributed by atoms with Crippen LogP contribution in [0.2, 0.25) is 0 Å². The summed E-state index contributed by atoms with van der Waals surface area (Å²) in [6.45, 7) is 2.41. The van der Waals surface area contributed by atoms with Crippen molar-refractivity contribution in [1.82, 2.24) is 4.98 Å². The average molecular weight is 272 g/mol. The third kappa shape index (κ3) is 2.13. The molecule has 0 fully saturated rings. The van der Waals surface area contributed by atoms with Gasteiger partial charge >= 0.3 is 0 Å². The van der Waals surface area contributed by atoms with Crippen molar-refractivity contribution < 1.29 is 9.53 Å². The second-order valence-electron chi connectivity index (χ2n) is 4.07. The monoisotopic (exact) mass is 272 g/mol. The summed E-state index contributed by atoms with van der Waals surface area (Å²) in [6.07, 6.45) is 3.27. The maximum absolute atomic E-state index is 11.8. The Morgan fingerprint density at radius 3 is 3.11 bits per heavy atom. The molecule has 96 valence electrons. The van der Waals surface area contributed by atoms with Gasteiger partial charge in [0.1, 0.15) is 5.82 Å². The van der Waals surface area contributed by atoms with E-state index in [0.29, 0.717) is 18.0 Å². The fourth-order valence-electron chi connectivity index (χ4n) is 1.94. The van der Waals surface area contributed by atoms with Gasteiger partial charge in [0.2, 0.25) is 0 Å². The van der Waals surface area contributed by atoms with Crippen molar-refractivity contribution in [2.45, 2.75) is 6.92 Å². The number of carbonyl (C=O) groups is 1. The molecular weight excluding hydrogens is 260 g/mol. The lowest BCUT2D eigenvalue weighted by Crippen LogP contribution is -2.04. The zero-order valence-corrected chi connectivity index (χ0v) is 11.2. The topological polar surface area (TPSA) is 51.2 Å². The van der Waals surface area contributed by atoms with Crippen LogP contribution in [0.5, 0.6) is 0 Å². The number of anilines is 1. The van der Waals surface area contributed by atoms with Gasteiger partial charge in [-0.05, 0) is 35.4 Å². The van der Waals surface area contributed by atoms with E-state index in [0.717, 1.165) is 16.7 Å². The Morgan fingerprint density at radius 2 is 2.37 bits per heavy atom. The number of rotatable bonds is 3. The number of thiophene rings is 1. The van der Waals surface area contributed by atoms with Crippen LogP contribution in [0.4, 0.5) is 5.82 Å². The molecule has 0 aliphatic carbocycles. The fourth-order valence-corrected chi connectivity index (χ4v) is 2.60. The minimum absolute atomic E-state index is 0.168. The van der Waals surface area contributed by atoms with Crippen molar-refractivity contribution in [3.8, 4) is 11.1 Å². The highest BCUT2D eigenvalue weighted by molar-refractivity contribution is 7.08. The van der Waals surface area contributed by atoms with E-state index < -0.39 is 0 Å². The number of aromatic nitrogens is 1. The van der Waals surface area contributed by atoms with Gasteiger partial charge in [-0.1, -0.05) is 0 Å². The molecule has 0 saturated carbocycles. The molecule has 4 nitrogen and oxygen atoms in total. The minimum atomic E-state index is -0.168. The van der Waals surface area contributed by atoms with Crippen LogP contribution in [0.25, 0.3) is 16.7 Å². The van der Waals surface area contributed by atoms with E-state index in [1.165, 1.54) is 6.26 Å². The van der Waals surface area contributed by atoms with E-state index in [1.807, 2.05) is 24.4 Å². The molecule has 19 heavy (non-hydrogen) atoms. The number of nitrogens with one attached hydrogen (secondary N) is 1. The molecule has 0 atom stereocenters. The highest BCUT2D eigenvalue weighted by Crippen LogP contribution is 2.33. The quantitative estimate of drug-likeness (QED) is 0.690. The lowest BCUT2D eigenvalue weighted by molar-refractivity contribution is -0.110. The van der Waals surface area contributed by atoms with Gasteiger partial charge in [0.25, 0.3) is 5.91 Å². The van der Waals surface area contributed by atoms with Gasteiger partial charge in [0.05, 0.1) is 18.4 Å². The number of fused-ring (bicyclic) bond motifs is 1. The number of amides is 1. The van der Waals surface area contributed by atoms with Gasteiger partial charge in [0.15, 0.2) is 0 Å². The van der Waals surface area contributed by atoms with Gasteiger partial charge < -0.3 is 10.1 Å². The molecule has 1 N–H and O–H groups in total. The van der Waals surface area contributed by atoms with Crippen LogP contribution < -0.4 is 5.32 Å². The predicted molar refractivity (Wildman–Crippen MR) is 75.8 cm³/mol. The van der Waals surface area contributed by atoms with Crippen molar-refractivity contribution in [3.63, 3.8) is 0 Å². The van der Waals surface area contributed by atoms with Crippen LogP contribution in [0.1, 0.15) is 12.5 Å². The van der Waals surface area contributed by atoms with Crippen LogP contribution in [-0.2, 0) is 9.53 Å². The van der Waals surface area contributed by atoms with Crippen LogP contribution >= 0.6 is 11.3 Å². The summed E-state index contributed by atoms with van der Waals surface area (Å²) < 4.78 is 5.23. The SMILES string of the molecule is CCO/C=C1\C(=O)Nc2ncc(-c3ccsc3)cc21. The first-order valence-corrected chi connectivity index (χ1v) is 6.90. The van der Waals surface area contributed by atoms with Crippen molar-refractivity contribution in [2.24, 2.45) is 0 Å². The first-order chi connectivity index (χ1) is 9.29. The summed E-state index contributed by atoms with van der Waals surface area (Å²) >= 11 is 1.63. The van der Waals surface area contributed by atoms with E-state index >= 15 is 0 Å². The van der Waals surface area contributed by atoms with Crippen LogP contribution in [0.3, 0.4) is 0 Å². The number of hydrogen-bond donors (Lipinski definition) is 1. The molecule has 1 aliphatic heterocycles. The first-order valence-electron chi connectivity index (χ1n) is 5.95. The average Bonchev–Trinajstić information content (AvgIpc) is 3.03. The molecule has 1 amide bonds. The molecule has 0 saturated heterocycles. The molecule has 3 heterocycles. The summed E-state index contributed by atoms with van der Waals surface area (Å²) in [4.78, 5) is 16.1. The Kier molecular flexibility index (Phi) is 3.05. The van der Waals surface area contributed by atoms with Crippen molar-refractivity contribution in [2.75, 3.05) is 11.9 Å². The predicted octanol–water partition coefficient (Wildman–Crippen LogP) is 3.14. The van der Waals surface area contributed by atoms with Gasteiger partial charge in [-0.3, -0.25) is 4.79 Å². The Bertz CT molecular complexity index is 647. The number of pyridine rings is 1.